The first-order chi connectivity index (χ1) is 8.92. The molecule has 0 aliphatic heterocycles. The van der Waals surface area contributed by atoms with E-state index in [1.807, 2.05) is 20.8 Å². The van der Waals surface area contributed by atoms with Gasteiger partial charge in [0.15, 0.2) is 0 Å². The van der Waals surface area contributed by atoms with E-state index in [0.717, 1.165) is 34.1 Å². The minimum absolute atomic E-state index is 0.189. The number of carboxylic acid groups (broad SMARTS) is 1. The van der Waals surface area contributed by atoms with Crippen LogP contribution in [0.5, 0.6) is 5.75 Å². The van der Waals surface area contributed by atoms with Gasteiger partial charge in [-0.15, -0.1) is 0 Å². The Bertz CT molecular complexity index is 507. The number of methoxy groups -OCH3 is 1. The van der Waals surface area contributed by atoms with E-state index in [1.54, 1.807) is 20.2 Å². The van der Waals surface area contributed by atoms with E-state index in [4.69, 9.17) is 9.84 Å². The highest BCUT2D eigenvalue weighted by Gasteiger charge is 2.18. The van der Waals surface area contributed by atoms with Gasteiger partial charge in [0.2, 0.25) is 0 Å². The molecule has 2 N–H and O–H groups in total. The van der Waals surface area contributed by atoms with Gasteiger partial charge in [-0.25, -0.2) is 4.79 Å². The minimum atomic E-state index is -0.958. The zero-order valence-corrected chi connectivity index (χ0v) is 12.1. The molecule has 0 amide bonds. The normalized spacial score (nSPS) is 12.7. The number of rotatable bonds is 5. The Labute approximate surface area is 114 Å². The Morgan fingerprint density at radius 1 is 1.37 bits per heavy atom. The maximum Gasteiger partial charge on any atom is 0.328 e. The maximum atomic E-state index is 10.7. The van der Waals surface area contributed by atoms with Gasteiger partial charge in [-0.2, -0.15) is 0 Å². The summed E-state index contributed by atoms with van der Waals surface area (Å²) in [6, 6.07) is 1.90. The van der Waals surface area contributed by atoms with E-state index in [2.05, 4.69) is 11.4 Å². The molecule has 4 heteroatoms. The fourth-order valence-corrected chi connectivity index (χ4v) is 2.24. The summed E-state index contributed by atoms with van der Waals surface area (Å²) in [5, 5.41) is 11.9. The highest BCUT2D eigenvalue weighted by molar-refractivity contribution is 5.80. The summed E-state index contributed by atoms with van der Waals surface area (Å²) in [7, 11) is 3.43. The third kappa shape index (κ3) is 3.35. The summed E-state index contributed by atoms with van der Waals surface area (Å²) in [5.74, 6) is -0.146. The lowest BCUT2D eigenvalue weighted by molar-refractivity contribution is -0.131. The average molecular weight is 263 g/mol. The highest BCUT2D eigenvalue weighted by Crippen LogP contribution is 2.34. The van der Waals surface area contributed by atoms with Crippen LogP contribution in [0.25, 0.3) is 0 Å². The lowest BCUT2D eigenvalue weighted by atomic mass is 9.94. The Morgan fingerprint density at radius 2 is 2.00 bits per heavy atom. The Morgan fingerprint density at radius 3 is 2.47 bits per heavy atom. The number of aryl methyl sites for hydroxylation is 2. The quantitative estimate of drug-likeness (QED) is 0.801. The van der Waals surface area contributed by atoms with Crippen molar-refractivity contribution < 1.29 is 14.6 Å². The van der Waals surface area contributed by atoms with Gasteiger partial charge in [-0.1, -0.05) is 12.1 Å². The molecule has 104 valence electrons. The van der Waals surface area contributed by atoms with Crippen molar-refractivity contribution in [2.45, 2.75) is 26.8 Å². The first-order valence-electron chi connectivity index (χ1n) is 6.15. The number of likely N-dealkylation sites (N-methyl/N-ethyl adjacent to an activating group) is 1. The van der Waals surface area contributed by atoms with E-state index in [9.17, 15) is 4.79 Å². The molecule has 1 rings (SSSR count). The summed E-state index contributed by atoms with van der Waals surface area (Å²) < 4.78 is 5.51. The van der Waals surface area contributed by atoms with Crippen LogP contribution < -0.4 is 10.1 Å². The van der Waals surface area contributed by atoms with Crippen molar-refractivity contribution in [2.75, 3.05) is 14.2 Å². The highest BCUT2D eigenvalue weighted by atomic mass is 16.5. The van der Waals surface area contributed by atoms with Crippen molar-refractivity contribution in [3.63, 3.8) is 0 Å². The Balaban J connectivity index is 3.38. The van der Waals surface area contributed by atoms with Crippen molar-refractivity contribution in [3.8, 4) is 5.75 Å². The maximum absolute atomic E-state index is 10.7. The molecular weight excluding hydrogens is 242 g/mol. The summed E-state index contributed by atoms with van der Waals surface area (Å²) >= 11 is 0. The molecule has 0 spiro atoms. The topological polar surface area (TPSA) is 58.6 Å². The first kappa shape index (κ1) is 15.2. The number of carboxylic acids is 1. The van der Waals surface area contributed by atoms with Crippen LogP contribution in [0.1, 0.15) is 28.3 Å². The van der Waals surface area contributed by atoms with Gasteiger partial charge in [0, 0.05) is 11.6 Å². The summed E-state index contributed by atoms with van der Waals surface area (Å²) in [6.07, 6.45) is 2.77. The summed E-state index contributed by atoms with van der Waals surface area (Å²) in [5.41, 5.74) is 4.29. The molecule has 1 aromatic carbocycles. The molecule has 0 aromatic heterocycles. The SMILES string of the molecule is CNC(/C=C/C(=O)O)c1c(C)cc(C)c(C)c1OC. The van der Waals surface area contributed by atoms with Gasteiger partial charge < -0.3 is 15.2 Å². The van der Waals surface area contributed by atoms with E-state index >= 15 is 0 Å². The van der Waals surface area contributed by atoms with Gasteiger partial charge in [-0.05, 0) is 44.5 Å². The standard InChI is InChI=1S/C15H21NO3/c1-9-8-10(2)14(15(19-5)11(9)3)12(16-4)6-7-13(17)18/h6-8,12,16H,1-5H3,(H,17,18)/b7-6+. The molecule has 0 saturated carbocycles. The van der Waals surface area contributed by atoms with Crippen LogP contribution in [0.2, 0.25) is 0 Å². The second-order valence-electron chi connectivity index (χ2n) is 4.55. The van der Waals surface area contributed by atoms with Crippen LogP contribution in [-0.2, 0) is 4.79 Å². The van der Waals surface area contributed by atoms with Gasteiger partial charge in [0.25, 0.3) is 0 Å². The molecule has 1 atom stereocenters. The predicted octanol–water partition coefficient (Wildman–Crippen LogP) is 2.52. The lowest BCUT2D eigenvalue weighted by Crippen LogP contribution is -2.17. The Kier molecular flexibility index (Phi) is 5.12. The fourth-order valence-electron chi connectivity index (χ4n) is 2.24. The van der Waals surface area contributed by atoms with E-state index in [-0.39, 0.29) is 6.04 Å². The Hall–Kier alpha value is -1.81. The smallest absolute Gasteiger partial charge is 0.328 e. The second kappa shape index (κ2) is 6.38. The van der Waals surface area contributed by atoms with Crippen LogP contribution in [0.15, 0.2) is 18.2 Å². The molecule has 0 fully saturated rings. The third-order valence-electron chi connectivity index (χ3n) is 3.29. The fraction of sp³-hybridized carbons (Fsp3) is 0.400. The number of hydrogen-bond donors (Lipinski definition) is 2. The molecule has 19 heavy (non-hydrogen) atoms. The van der Waals surface area contributed by atoms with Gasteiger partial charge in [-0.3, -0.25) is 0 Å². The zero-order valence-electron chi connectivity index (χ0n) is 12.1. The summed E-state index contributed by atoms with van der Waals surface area (Å²) in [6.45, 7) is 6.05. The minimum Gasteiger partial charge on any atom is -0.496 e. The van der Waals surface area contributed by atoms with Crippen LogP contribution in [0, 0.1) is 20.8 Å². The average Bonchev–Trinajstić information content (AvgIpc) is 2.35. The lowest BCUT2D eigenvalue weighted by Gasteiger charge is -2.21. The van der Waals surface area contributed by atoms with E-state index < -0.39 is 5.97 Å². The van der Waals surface area contributed by atoms with Crippen LogP contribution >= 0.6 is 0 Å². The van der Waals surface area contributed by atoms with Crippen molar-refractivity contribution in [1.82, 2.24) is 5.32 Å². The van der Waals surface area contributed by atoms with E-state index in [0.29, 0.717) is 0 Å². The van der Waals surface area contributed by atoms with Gasteiger partial charge in [0.1, 0.15) is 5.75 Å². The second-order valence-corrected chi connectivity index (χ2v) is 4.55. The van der Waals surface area contributed by atoms with Crippen molar-refractivity contribution in [2.24, 2.45) is 0 Å². The molecule has 4 nitrogen and oxygen atoms in total. The monoisotopic (exact) mass is 263 g/mol. The van der Waals surface area contributed by atoms with E-state index in [1.165, 1.54) is 0 Å². The molecule has 0 heterocycles. The van der Waals surface area contributed by atoms with Crippen LogP contribution in [0.3, 0.4) is 0 Å². The summed E-state index contributed by atoms with van der Waals surface area (Å²) in [4.78, 5) is 10.7. The number of benzene rings is 1. The number of aliphatic carboxylic acids is 1. The molecule has 1 unspecified atom stereocenters. The van der Waals surface area contributed by atoms with Gasteiger partial charge >= 0.3 is 5.97 Å². The number of nitrogens with one attached hydrogen (secondary N) is 1. The molecule has 0 aliphatic rings. The van der Waals surface area contributed by atoms with Gasteiger partial charge in [0.05, 0.1) is 13.2 Å². The van der Waals surface area contributed by atoms with Crippen molar-refractivity contribution in [1.29, 1.82) is 0 Å². The number of hydrogen-bond acceptors (Lipinski definition) is 3. The molecule has 0 aliphatic carbocycles. The molecule has 1 aromatic rings. The molecule has 0 bridgehead atoms. The molecular formula is C15H21NO3. The zero-order chi connectivity index (χ0) is 14.6. The molecule has 0 saturated heterocycles. The third-order valence-corrected chi connectivity index (χ3v) is 3.29. The first-order valence-corrected chi connectivity index (χ1v) is 6.15. The van der Waals surface area contributed by atoms with Crippen LogP contribution in [0.4, 0.5) is 0 Å². The largest absolute Gasteiger partial charge is 0.496 e. The van der Waals surface area contributed by atoms with Crippen LogP contribution in [-0.4, -0.2) is 25.2 Å². The number of ether oxygens (including phenoxy) is 1. The van der Waals surface area contributed by atoms with Crippen molar-refractivity contribution in [3.05, 3.63) is 40.5 Å². The number of carbonyl (C=O) groups is 1. The van der Waals surface area contributed by atoms with Crippen molar-refractivity contribution >= 4 is 5.97 Å². The molecule has 0 radical (unpaired) electrons. The predicted molar refractivity (Wildman–Crippen MR) is 75.8 cm³/mol.